The van der Waals surface area contributed by atoms with Crippen molar-refractivity contribution in [3.05, 3.63) is 65.7 Å². The van der Waals surface area contributed by atoms with E-state index in [1.54, 1.807) is 0 Å². The van der Waals surface area contributed by atoms with Gasteiger partial charge in [-0.2, -0.15) is 0 Å². The van der Waals surface area contributed by atoms with Gasteiger partial charge in [0.15, 0.2) is 0 Å². The number of rotatable bonds is 6. The van der Waals surface area contributed by atoms with E-state index in [9.17, 15) is 14.4 Å². The molecule has 2 amide bonds. The molecule has 0 saturated heterocycles. The summed E-state index contributed by atoms with van der Waals surface area (Å²) < 4.78 is 0. The normalized spacial score (nSPS) is 23.9. The highest BCUT2D eigenvalue weighted by molar-refractivity contribution is 6.07. The number of carbonyl (C=O) groups is 3. The van der Waals surface area contributed by atoms with Crippen molar-refractivity contribution in [2.75, 3.05) is 4.90 Å². The zero-order valence-electron chi connectivity index (χ0n) is 18.0. The predicted octanol–water partition coefficient (Wildman–Crippen LogP) is 4.41. The van der Waals surface area contributed by atoms with Gasteiger partial charge >= 0.3 is 5.97 Å². The van der Waals surface area contributed by atoms with Crippen molar-refractivity contribution in [2.24, 2.45) is 5.92 Å². The van der Waals surface area contributed by atoms with Crippen LogP contribution in [0.25, 0.3) is 0 Å². The van der Waals surface area contributed by atoms with Crippen LogP contribution in [0.5, 0.6) is 0 Å². The van der Waals surface area contributed by atoms with E-state index in [-0.39, 0.29) is 48.7 Å². The fourth-order valence-electron chi connectivity index (χ4n) is 5.64. The van der Waals surface area contributed by atoms with Crippen LogP contribution >= 0.6 is 0 Å². The Morgan fingerprint density at radius 3 is 2.34 bits per heavy atom. The van der Waals surface area contributed by atoms with Crippen LogP contribution in [-0.2, 0) is 9.59 Å². The number of fused-ring (bicyclic) bond motifs is 2. The fraction of sp³-hybridized carbons (Fsp3) is 0.423. The third kappa shape index (κ3) is 3.68. The van der Waals surface area contributed by atoms with Crippen LogP contribution in [0.3, 0.4) is 0 Å². The standard InChI is InChI=1S/C26H28N2O4/c29-23(15-16-24(30)31)27(18-13-14-18)25-19-9-4-5-11-21(19)28(22-12-6-10-20(22)25)26(32)17-7-2-1-3-8-17/h1-5,7-9,11,18,20,22,25H,6,10,12-16H2,(H,30,31)/t20-,22+,25+/m1/s1. The van der Waals surface area contributed by atoms with Gasteiger partial charge in [0.2, 0.25) is 5.91 Å². The van der Waals surface area contributed by atoms with E-state index < -0.39 is 5.97 Å². The number of benzene rings is 2. The number of carboxylic acids is 1. The van der Waals surface area contributed by atoms with E-state index in [1.807, 2.05) is 64.4 Å². The number of carbonyl (C=O) groups excluding carboxylic acids is 2. The summed E-state index contributed by atoms with van der Waals surface area (Å²) in [5.41, 5.74) is 2.56. The molecule has 0 bridgehead atoms. The summed E-state index contributed by atoms with van der Waals surface area (Å²) in [6.07, 6.45) is 4.68. The van der Waals surface area contributed by atoms with Gasteiger partial charge in [-0.25, -0.2) is 0 Å². The van der Waals surface area contributed by atoms with Crippen LogP contribution < -0.4 is 4.90 Å². The fourth-order valence-corrected chi connectivity index (χ4v) is 5.64. The lowest BCUT2D eigenvalue weighted by molar-refractivity contribution is -0.142. The van der Waals surface area contributed by atoms with Crippen LogP contribution in [0, 0.1) is 5.92 Å². The highest BCUT2D eigenvalue weighted by atomic mass is 16.4. The highest BCUT2D eigenvalue weighted by Gasteiger charge is 2.51. The van der Waals surface area contributed by atoms with Gasteiger partial charge in [-0.3, -0.25) is 14.4 Å². The first-order valence-corrected chi connectivity index (χ1v) is 11.6. The molecule has 2 fully saturated rings. The number of anilines is 1. The van der Waals surface area contributed by atoms with Crippen molar-refractivity contribution in [1.82, 2.24) is 4.90 Å². The Morgan fingerprint density at radius 2 is 1.62 bits per heavy atom. The molecule has 0 spiro atoms. The first-order chi connectivity index (χ1) is 15.6. The summed E-state index contributed by atoms with van der Waals surface area (Å²) in [7, 11) is 0. The van der Waals surface area contributed by atoms with Crippen LogP contribution in [-0.4, -0.2) is 39.9 Å². The molecular formula is C26H28N2O4. The molecule has 3 aliphatic rings. The molecular weight excluding hydrogens is 404 g/mol. The number of hydrogen-bond acceptors (Lipinski definition) is 3. The molecule has 2 aromatic rings. The summed E-state index contributed by atoms with van der Waals surface area (Å²) in [6.45, 7) is 0. The Hall–Kier alpha value is -3.15. The second kappa shape index (κ2) is 8.41. The van der Waals surface area contributed by atoms with Crippen molar-refractivity contribution in [2.45, 2.75) is 63.1 Å². The topological polar surface area (TPSA) is 77.9 Å². The third-order valence-corrected chi connectivity index (χ3v) is 7.10. The molecule has 32 heavy (non-hydrogen) atoms. The zero-order chi connectivity index (χ0) is 22.2. The second-order valence-electron chi connectivity index (χ2n) is 9.13. The van der Waals surface area contributed by atoms with Crippen molar-refractivity contribution in [1.29, 1.82) is 0 Å². The van der Waals surface area contributed by atoms with Crippen LogP contribution in [0.1, 0.15) is 66.9 Å². The van der Waals surface area contributed by atoms with Crippen molar-refractivity contribution >= 4 is 23.5 Å². The molecule has 166 valence electrons. The lowest BCUT2D eigenvalue weighted by Gasteiger charge is -2.48. The van der Waals surface area contributed by atoms with Crippen molar-refractivity contribution < 1.29 is 19.5 Å². The first-order valence-electron chi connectivity index (χ1n) is 11.6. The maximum absolute atomic E-state index is 13.6. The average molecular weight is 433 g/mol. The monoisotopic (exact) mass is 432 g/mol. The minimum absolute atomic E-state index is 0.00331. The van der Waals surface area contributed by atoms with Gasteiger partial charge in [-0.1, -0.05) is 42.8 Å². The summed E-state index contributed by atoms with van der Waals surface area (Å²) in [5.74, 6) is -0.866. The van der Waals surface area contributed by atoms with E-state index in [1.165, 1.54) is 0 Å². The quantitative estimate of drug-likeness (QED) is 0.733. The van der Waals surface area contributed by atoms with Gasteiger partial charge in [0.1, 0.15) is 0 Å². The molecule has 6 heteroatoms. The number of hydrogen-bond donors (Lipinski definition) is 1. The lowest BCUT2D eigenvalue weighted by atomic mass is 9.81. The molecule has 1 heterocycles. The molecule has 3 atom stereocenters. The smallest absolute Gasteiger partial charge is 0.303 e. The molecule has 0 aromatic heterocycles. The molecule has 2 aromatic carbocycles. The van der Waals surface area contributed by atoms with E-state index in [0.29, 0.717) is 5.56 Å². The van der Waals surface area contributed by atoms with E-state index in [4.69, 9.17) is 5.11 Å². The Bertz CT molecular complexity index is 1030. The van der Waals surface area contributed by atoms with Gasteiger partial charge in [0.05, 0.1) is 12.5 Å². The molecule has 6 nitrogen and oxygen atoms in total. The molecule has 2 saturated carbocycles. The van der Waals surface area contributed by atoms with Crippen LogP contribution in [0.2, 0.25) is 0 Å². The van der Waals surface area contributed by atoms with Gasteiger partial charge < -0.3 is 14.9 Å². The number of para-hydroxylation sites is 1. The highest BCUT2D eigenvalue weighted by Crippen LogP contribution is 2.52. The predicted molar refractivity (Wildman–Crippen MR) is 120 cm³/mol. The number of nitrogens with zero attached hydrogens (tertiary/aromatic N) is 2. The summed E-state index contributed by atoms with van der Waals surface area (Å²) in [6, 6.07) is 17.4. The average Bonchev–Trinajstić information content (AvgIpc) is 3.53. The Labute approximate surface area is 187 Å². The number of aliphatic carboxylic acids is 1. The largest absolute Gasteiger partial charge is 0.481 e. The molecule has 0 unspecified atom stereocenters. The van der Waals surface area contributed by atoms with E-state index >= 15 is 0 Å². The lowest BCUT2D eigenvalue weighted by Crippen LogP contribution is -2.52. The van der Waals surface area contributed by atoms with Crippen LogP contribution in [0.15, 0.2) is 54.6 Å². The van der Waals surface area contributed by atoms with Crippen molar-refractivity contribution in [3.8, 4) is 0 Å². The second-order valence-corrected chi connectivity index (χ2v) is 9.13. The van der Waals surface area contributed by atoms with Gasteiger partial charge in [0.25, 0.3) is 5.91 Å². The molecule has 5 rings (SSSR count). The maximum atomic E-state index is 13.6. The van der Waals surface area contributed by atoms with Gasteiger partial charge in [0, 0.05) is 35.7 Å². The SMILES string of the molecule is O=C(O)CCC(=O)N(C1CC1)[C@H]1c2ccccc2N(C(=O)c2ccccc2)[C@H]2CCC[C@H]21. The molecule has 0 radical (unpaired) electrons. The van der Waals surface area contributed by atoms with E-state index in [0.717, 1.165) is 43.4 Å². The summed E-state index contributed by atoms with van der Waals surface area (Å²) >= 11 is 0. The molecule has 1 N–H and O–H groups in total. The number of amides is 2. The number of carboxylic acid groups (broad SMARTS) is 1. The van der Waals surface area contributed by atoms with Gasteiger partial charge in [-0.15, -0.1) is 0 Å². The summed E-state index contributed by atoms with van der Waals surface area (Å²) in [4.78, 5) is 41.9. The Balaban J connectivity index is 1.56. The van der Waals surface area contributed by atoms with Gasteiger partial charge in [-0.05, 0) is 49.4 Å². The van der Waals surface area contributed by atoms with E-state index in [2.05, 4.69) is 0 Å². The minimum Gasteiger partial charge on any atom is -0.481 e. The Morgan fingerprint density at radius 1 is 0.906 bits per heavy atom. The molecule has 1 aliphatic heterocycles. The van der Waals surface area contributed by atoms with Crippen LogP contribution in [0.4, 0.5) is 5.69 Å². The third-order valence-electron chi connectivity index (χ3n) is 7.10. The zero-order valence-corrected chi connectivity index (χ0v) is 18.0. The summed E-state index contributed by atoms with van der Waals surface area (Å²) in [5, 5.41) is 9.11. The maximum Gasteiger partial charge on any atom is 0.303 e. The Kier molecular flexibility index (Phi) is 5.45. The first kappa shape index (κ1) is 20.7. The van der Waals surface area contributed by atoms with Crippen molar-refractivity contribution in [3.63, 3.8) is 0 Å². The molecule has 2 aliphatic carbocycles. The minimum atomic E-state index is -0.948.